The van der Waals surface area contributed by atoms with Gasteiger partial charge in [0.05, 0.1) is 19.8 Å². The van der Waals surface area contributed by atoms with Gasteiger partial charge in [-0.05, 0) is 37.2 Å². The van der Waals surface area contributed by atoms with E-state index >= 15 is 0 Å². The van der Waals surface area contributed by atoms with Crippen molar-refractivity contribution in [2.75, 3.05) is 21.3 Å². The SMILES string of the molecule is CNC(Cc1cccnc1)c1c(OC)cccc1OC. The van der Waals surface area contributed by atoms with Gasteiger partial charge in [-0.2, -0.15) is 0 Å². The van der Waals surface area contributed by atoms with Gasteiger partial charge in [0, 0.05) is 18.4 Å². The standard InChI is InChI=1S/C16H20N2O2/c1-17-13(10-12-6-5-9-18-11-12)16-14(19-2)7-4-8-15(16)20-3/h4-9,11,13,17H,10H2,1-3H3. The molecule has 1 aromatic carbocycles. The molecule has 0 aliphatic carbocycles. The molecule has 0 bridgehead atoms. The van der Waals surface area contributed by atoms with Crippen molar-refractivity contribution in [3.05, 3.63) is 53.9 Å². The summed E-state index contributed by atoms with van der Waals surface area (Å²) in [4.78, 5) is 4.16. The van der Waals surface area contributed by atoms with E-state index in [0.29, 0.717) is 0 Å². The minimum absolute atomic E-state index is 0.102. The van der Waals surface area contributed by atoms with Gasteiger partial charge in [0.1, 0.15) is 11.5 Å². The molecule has 0 fully saturated rings. The van der Waals surface area contributed by atoms with E-state index in [-0.39, 0.29) is 6.04 Å². The lowest BCUT2D eigenvalue weighted by Gasteiger charge is -2.22. The molecule has 0 radical (unpaired) electrons. The first-order valence-corrected chi connectivity index (χ1v) is 6.57. The molecule has 0 aliphatic heterocycles. The van der Waals surface area contributed by atoms with E-state index < -0.39 is 0 Å². The Morgan fingerprint density at radius 2 is 1.80 bits per heavy atom. The fourth-order valence-electron chi connectivity index (χ4n) is 2.33. The quantitative estimate of drug-likeness (QED) is 0.878. The maximum absolute atomic E-state index is 5.47. The predicted octanol–water partition coefficient (Wildman–Crippen LogP) is 2.60. The third-order valence-electron chi connectivity index (χ3n) is 3.33. The second-order valence-corrected chi connectivity index (χ2v) is 4.48. The summed E-state index contributed by atoms with van der Waals surface area (Å²) in [5.41, 5.74) is 2.20. The summed E-state index contributed by atoms with van der Waals surface area (Å²) in [6.45, 7) is 0. The van der Waals surface area contributed by atoms with Gasteiger partial charge in [-0.25, -0.2) is 0 Å². The first-order valence-electron chi connectivity index (χ1n) is 6.57. The van der Waals surface area contributed by atoms with Gasteiger partial charge in [0.25, 0.3) is 0 Å². The molecule has 1 atom stereocenters. The van der Waals surface area contributed by atoms with Crippen LogP contribution in [0.4, 0.5) is 0 Å². The second kappa shape index (κ2) is 6.91. The number of hydrogen-bond donors (Lipinski definition) is 1. The molecule has 0 saturated heterocycles. The number of nitrogens with one attached hydrogen (secondary N) is 1. The summed E-state index contributed by atoms with van der Waals surface area (Å²) in [6, 6.07) is 9.94. The van der Waals surface area contributed by atoms with Crippen LogP contribution in [0.2, 0.25) is 0 Å². The first-order chi connectivity index (χ1) is 9.80. The molecule has 106 valence electrons. The van der Waals surface area contributed by atoms with E-state index in [4.69, 9.17) is 9.47 Å². The summed E-state index contributed by atoms with van der Waals surface area (Å²) in [5.74, 6) is 1.65. The number of aromatic nitrogens is 1. The van der Waals surface area contributed by atoms with E-state index in [9.17, 15) is 0 Å². The molecule has 4 heteroatoms. The van der Waals surface area contributed by atoms with E-state index in [1.807, 2.05) is 37.5 Å². The maximum Gasteiger partial charge on any atom is 0.127 e. The molecule has 4 nitrogen and oxygen atoms in total. The van der Waals surface area contributed by atoms with E-state index in [1.165, 1.54) is 5.56 Å². The van der Waals surface area contributed by atoms with Crippen molar-refractivity contribution >= 4 is 0 Å². The normalized spacial score (nSPS) is 11.9. The highest BCUT2D eigenvalue weighted by molar-refractivity contribution is 5.47. The van der Waals surface area contributed by atoms with Crippen molar-refractivity contribution in [1.29, 1.82) is 0 Å². The van der Waals surface area contributed by atoms with Crippen molar-refractivity contribution in [3.63, 3.8) is 0 Å². The molecule has 0 saturated carbocycles. The van der Waals surface area contributed by atoms with E-state index in [0.717, 1.165) is 23.5 Å². The Bertz CT molecular complexity index is 521. The fourth-order valence-corrected chi connectivity index (χ4v) is 2.33. The van der Waals surface area contributed by atoms with Crippen LogP contribution in [0, 0.1) is 0 Å². The highest BCUT2D eigenvalue weighted by Crippen LogP contribution is 2.35. The molecule has 2 aromatic rings. The van der Waals surface area contributed by atoms with Gasteiger partial charge in [-0.15, -0.1) is 0 Å². The van der Waals surface area contributed by atoms with Gasteiger partial charge < -0.3 is 14.8 Å². The molecule has 20 heavy (non-hydrogen) atoms. The van der Waals surface area contributed by atoms with Gasteiger partial charge in [0.15, 0.2) is 0 Å². The summed E-state index contributed by atoms with van der Waals surface area (Å²) >= 11 is 0. The molecule has 0 amide bonds. The van der Waals surface area contributed by atoms with Crippen LogP contribution in [0.25, 0.3) is 0 Å². The Morgan fingerprint density at radius 1 is 1.10 bits per heavy atom. The average Bonchev–Trinajstić information content (AvgIpc) is 2.52. The highest BCUT2D eigenvalue weighted by atomic mass is 16.5. The Morgan fingerprint density at radius 3 is 2.30 bits per heavy atom. The molecule has 0 spiro atoms. The molecule has 1 heterocycles. The Hall–Kier alpha value is -2.07. The molecule has 1 aromatic heterocycles. The Balaban J connectivity index is 2.36. The van der Waals surface area contributed by atoms with Crippen LogP contribution >= 0.6 is 0 Å². The summed E-state index contributed by atoms with van der Waals surface area (Å²) < 4.78 is 10.9. The molecule has 2 rings (SSSR count). The van der Waals surface area contributed by atoms with E-state index in [2.05, 4.69) is 16.4 Å². The van der Waals surface area contributed by atoms with Gasteiger partial charge >= 0.3 is 0 Å². The van der Waals surface area contributed by atoms with Crippen LogP contribution in [0.1, 0.15) is 17.2 Å². The Kier molecular flexibility index (Phi) is 4.96. The van der Waals surface area contributed by atoms with Gasteiger partial charge in [-0.1, -0.05) is 12.1 Å². The fraction of sp³-hybridized carbons (Fsp3) is 0.312. The number of pyridine rings is 1. The van der Waals surface area contributed by atoms with Crippen molar-refractivity contribution in [3.8, 4) is 11.5 Å². The van der Waals surface area contributed by atoms with Crippen LogP contribution in [0.3, 0.4) is 0 Å². The van der Waals surface area contributed by atoms with Crippen LogP contribution in [0.5, 0.6) is 11.5 Å². The lowest BCUT2D eigenvalue weighted by atomic mass is 9.98. The zero-order valence-electron chi connectivity index (χ0n) is 12.1. The first kappa shape index (κ1) is 14.3. The smallest absolute Gasteiger partial charge is 0.127 e. The van der Waals surface area contributed by atoms with E-state index in [1.54, 1.807) is 20.4 Å². The summed E-state index contributed by atoms with van der Waals surface area (Å²) in [7, 11) is 5.29. The van der Waals surface area contributed by atoms with Crippen molar-refractivity contribution in [1.82, 2.24) is 10.3 Å². The van der Waals surface area contributed by atoms with Crippen LogP contribution in [-0.2, 0) is 6.42 Å². The lowest BCUT2D eigenvalue weighted by molar-refractivity contribution is 0.373. The molecular weight excluding hydrogens is 252 g/mol. The second-order valence-electron chi connectivity index (χ2n) is 4.48. The van der Waals surface area contributed by atoms with Crippen LogP contribution < -0.4 is 14.8 Å². The van der Waals surface area contributed by atoms with Crippen molar-refractivity contribution < 1.29 is 9.47 Å². The number of hydrogen-bond acceptors (Lipinski definition) is 4. The number of ether oxygens (including phenoxy) is 2. The third-order valence-corrected chi connectivity index (χ3v) is 3.33. The zero-order valence-corrected chi connectivity index (χ0v) is 12.1. The number of rotatable bonds is 6. The van der Waals surface area contributed by atoms with Crippen molar-refractivity contribution in [2.24, 2.45) is 0 Å². The Labute approximate surface area is 119 Å². The summed E-state index contributed by atoms with van der Waals surface area (Å²) in [5, 5.41) is 3.33. The molecule has 1 unspecified atom stereocenters. The number of benzene rings is 1. The van der Waals surface area contributed by atoms with Crippen LogP contribution in [-0.4, -0.2) is 26.3 Å². The maximum atomic E-state index is 5.47. The van der Waals surface area contributed by atoms with Crippen molar-refractivity contribution in [2.45, 2.75) is 12.5 Å². The number of likely N-dealkylation sites (N-methyl/N-ethyl adjacent to an activating group) is 1. The molecular formula is C16H20N2O2. The minimum atomic E-state index is 0.102. The third kappa shape index (κ3) is 3.08. The number of methoxy groups -OCH3 is 2. The monoisotopic (exact) mass is 272 g/mol. The number of nitrogens with zero attached hydrogens (tertiary/aromatic N) is 1. The highest BCUT2D eigenvalue weighted by Gasteiger charge is 2.19. The zero-order chi connectivity index (χ0) is 14.4. The lowest BCUT2D eigenvalue weighted by Crippen LogP contribution is -2.20. The molecule has 1 N–H and O–H groups in total. The van der Waals surface area contributed by atoms with Gasteiger partial charge in [0.2, 0.25) is 0 Å². The van der Waals surface area contributed by atoms with Gasteiger partial charge in [-0.3, -0.25) is 4.98 Å². The average molecular weight is 272 g/mol. The summed E-state index contributed by atoms with van der Waals surface area (Å²) in [6.07, 6.45) is 4.48. The molecule has 0 aliphatic rings. The van der Waals surface area contributed by atoms with Crippen LogP contribution in [0.15, 0.2) is 42.7 Å². The topological polar surface area (TPSA) is 43.4 Å². The largest absolute Gasteiger partial charge is 0.496 e. The predicted molar refractivity (Wildman–Crippen MR) is 79.3 cm³/mol. The minimum Gasteiger partial charge on any atom is -0.496 e.